The van der Waals surface area contributed by atoms with Gasteiger partial charge in [0.05, 0.1) is 17.8 Å². The zero-order chi connectivity index (χ0) is 20.4. The number of halogens is 1. The molecule has 0 aliphatic carbocycles. The second kappa shape index (κ2) is 8.09. The Hall–Kier alpha value is -3.12. The Kier molecular flexibility index (Phi) is 5.36. The number of methoxy groups -OCH3 is 1. The third-order valence-corrected chi connectivity index (χ3v) is 5.53. The van der Waals surface area contributed by atoms with Gasteiger partial charge in [-0.05, 0) is 64.8 Å². The summed E-state index contributed by atoms with van der Waals surface area (Å²) in [5, 5.41) is 6.52. The summed E-state index contributed by atoms with van der Waals surface area (Å²) in [5.41, 5.74) is 6.41. The van der Waals surface area contributed by atoms with Crippen molar-refractivity contribution in [1.29, 1.82) is 0 Å². The zero-order valence-electron chi connectivity index (χ0n) is 16.1. The molecule has 1 N–H and O–H groups in total. The van der Waals surface area contributed by atoms with Crippen LogP contribution >= 0.6 is 15.9 Å². The standard InChI is InChI=1S/C23H20BrN3O2/c1-3-27-20-7-5-4-6-17(20)18-12-15(8-10-21(18)27)14-25-26-23(28)16-9-11-22(29-2)19(24)13-16/h4-14H,3H2,1-2H3,(H,26,28)/b25-14-. The van der Waals surface area contributed by atoms with E-state index >= 15 is 0 Å². The topological polar surface area (TPSA) is 55.6 Å². The first-order valence-corrected chi connectivity index (χ1v) is 10.1. The molecule has 0 unspecified atom stereocenters. The van der Waals surface area contributed by atoms with Gasteiger partial charge in [-0.25, -0.2) is 5.43 Å². The number of carbonyl (C=O) groups excluding carboxylic acids is 1. The SMILES string of the molecule is CCn1c2ccccc2c2cc(/C=N\NC(=O)c3ccc(OC)c(Br)c3)ccc21. The molecule has 6 heteroatoms. The number of benzene rings is 3. The molecule has 4 rings (SSSR count). The van der Waals surface area contributed by atoms with E-state index in [-0.39, 0.29) is 5.91 Å². The highest BCUT2D eigenvalue weighted by molar-refractivity contribution is 9.10. The van der Waals surface area contributed by atoms with Crippen molar-refractivity contribution in [3.05, 3.63) is 76.3 Å². The van der Waals surface area contributed by atoms with Crippen LogP contribution in [0.1, 0.15) is 22.8 Å². The van der Waals surface area contributed by atoms with E-state index in [1.54, 1.807) is 31.5 Å². The van der Waals surface area contributed by atoms with Gasteiger partial charge in [0.2, 0.25) is 0 Å². The second-order valence-electron chi connectivity index (χ2n) is 6.59. The van der Waals surface area contributed by atoms with Gasteiger partial charge >= 0.3 is 0 Å². The van der Waals surface area contributed by atoms with Crippen LogP contribution in [0, 0.1) is 0 Å². The number of fused-ring (bicyclic) bond motifs is 3. The van der Waals surface area contributed by atoms with Crippen molar-refractivity contribution in [2.45, 2.75) is 13.5 Å². The number of ether oxygens (including phenoxy) is 1. The van der Waals surface area contributed by atoms with E-state index in [0.717, 1.165) is 16.6 Å². The van der Waals surface area contributed by atoms with Crippen molar-refractivity contribution in [1.82, 2.24) is 9.99 Å². The van der Waals surface area contributed by atoms with Gasteiger partial charge in [0.15, 0.2) is 0 Å². The van der Waals surface area contributed by atoms with Crippen LogP contribution in [0.5, 0.6) is 5.75 Å². The maximum Gasteiger partial charge on any atom is 0.271 e. The minimum Gasteiger partial charge on any atom is -0.496 e. The number of nitrogens with zero attached hydrogens (tertiary/aromatic N) is 2. The third-order valence-electron chi connectivity index (χ3n) is 4.91. The lowest BCUT2D eigenvalue weighted by atomic mass is 10.1. The predicted octanol–water partition coefficient (Wildman–Crippen LogP) is 5.35. The maximum atomic E-state index is 12.3. The zero-order valence-corrected chi connectivity index (χ0v) is 17.7. The lowest BCUT2D eigenvalue weighted by Crippen LogP contribution is -2.17. The number of hydrazone groups is 1. The van der Waals surface area contributed by atoms with Gasteiger partial charge in [0, 0.05) is 33.9 Å². The summed E-state index contributed by atoms with van der Waals surface area (Å²) >= 11 is 3.39. The van der Waals surface area contributed by atoms with Crippen LogP contribution in [0.3, 0.4) is 0 Å². The fourth-order valence-corrected chi connectivity index (χ4v) is 4.07. The maximum absolute atomic E-state index is 12.3. The molecular weight excluding hydrogens is 430 g/mol. The molecule has 0 saturated carbocycles. The smallest absolute Gasteiger partial charge is 0.271 e. The monoisotopic (exact) mass is 449 g/mol. The number of aromatic nitrogens is 1. The highest BCUT2D eigenvalue weighted by Gasteiger charge is 2.10. The summed E-state index contributed by atoms with van der Waals surface area (Å²) in [7, 11) is 1.58. The van der Waals surface area contributed by atoms with Crippen molar-refractivity contribution >= 4 is 49.9 Å². The van der Waals surface area contributed by atoms with E-state index in [2.05, 4.69) is 74.3 Å². The molecule has 0 bridgehead atoms. The molecule has 146 valence electrons. The molecule has 3 aromatic carbocycles. The fraction of sp³-hybridized carbons (Fsp3) is 0.130. The number of para-hydroxylation sites is 1. The van der Waals surface area contributed by atoms with E-state index in [4.69, 9.17) is 4.74 Å². The minimum atomic E-state index is -0.284. The van der Waals surface area contributed by atoms with Gasteiger partial charge in [0.1, 0.15) is 5.75 Å². The first-order chi connectivity index (χ1) is 14.1. The summed E-state index contributed by atoms with van der Waals surface area (Å²) in [4.78, 5) is 12.3. The summed E-state index contributed by atoms with van der Waals surface area (Å²) in [6.45, 7) is 3.05. The highest BCUT2D eigenvalue weighted by atomic mass is 79.9. The number of carbonyl (C=O) groups is 1. The first kappa shape index (κ1) is 19.2. The van der Waals surface area contributed by atoms with Crippen LogP contribution in [0.4, 0.5) is 0 Å². The first-order valence-electron chi connectivity index (χ1n) is 9.30. The van der Waals surface area contributed by atoms with Crippen molar-refractivity contribution < 1.29 is 9.53 Å². The normalized spacial score (nSPS) is 11.4. The summed E-state index contributed by atoms with van der Waals surface area (Å²) in [6, 6.07) is 19.7. The molecule has 0 aliphatic rings. The molecule has 0 spiro atoms. The molecule has 4 aromatic rings. The quantitative estimate of drug-likeness (QED) is 0.329. The van der Waals surface area contributed by atoms with Crippen molar-refractivity contribution in [2.75, 3.05) is 7.11 Å². The molecule has 0 radical (unpaired) electrons. The third kappa shape index (κ3) is 3.63. The van der Waals surface area contributed by atoms with E-state index in [1.807, 2.05) is 6.07 Å². The molecular formula is C23H20BrN3O2. The van der Waals surface area contributed by atoms with E-state index in [0.29, 0.717) is 11.3 Å². The lowest BCUT2D eigenvalue weighted by Gasteiger charge is -2.05. The minimum absolute atomic E-state index is 0.284. The van der Waals surface area contributed by atoms with Gasteiger partial charge < -0.3 is 9.30 Å². The van der Waals surface area contributed by atoms with Gasteiger partial charge in [-0.15, -0.1) is 0 Å². The predicted molar refractivity (Wildman–Crippen MR) is 121 cm³/mol. The fourth-order valence-electron chi connectivity index (χ4n) is 3.53. The highest BCUT2D eigenvalue weighted by Crippen LogP contribution is 2.29. The van der Waals surface area contributed by atoms with Gasteiger partial charge in [-0.1, -0.05) is 24.3 Å². The number of hydrogen-bond acceptors (Lipinski definition) is 3. The van der Waals surface area contributed by atoms with Crippen LogP contribution in [-0.4, -0.2) is 23.8 Å². The molecule has 1 aromatic heterocycles. The molecule has 1 heterocycles. The number of aryl methyl sites for hydroxylation is 1. The molecule has 0 fully saturated rings. The summed E-state index contributed by atoms with van der Waals surface area (Å²) < 4.78 is 8.20. The molecule has 0 saturated heterocycles. The Morgan fingerprint density at radius 2 is 1.90 bits per heavy atom. The molecule has 5 nitrogen and oxygen atoms in total. The van der Waals surface area contributed by atoms with Crippen molar-refractivity contribution in [2.24, 2.45) is 5.10 Å². The van der Waals surface area contributed by atoms with E-state index < -0.39 is 0 Å². The summed E-state index contributed by atoms with van der Waals surface area (Å²) in [6.07, 6.45) is 1.66. The number of nitrogens with one attached hydrogen (secondary N) is 1. The van der Waals surface area contributed by atoms with Gasteiger partial charge in [-0.3, -0.25) is 4.79 Å². The lowest BCUT2D eigenvalue weighted by molar-refractivity contribution is 0.0955. The van der Waals surface area contributed by atoms with Crippen molar-refractivity contribution in [3.8, 4) is 5.75 Å². The Morgan fingerprint density at radius 3 is 2.66 bits per heavy atom. The van der Waals surface area contributed by atoms with Crippen molar-refractivity contribution in [3.63, 3.8) is 0 Å². The molecule has 0 aliphatic heterocycles. The van der Waals surface area contributed by atoms with Crippen LogP contribution in [-0.2, 0) is 6.54 Å². The van der Waals surface area contributed by atoms with E-state index in [1.165, 1.54) is 21.8 Å². The Labute approximate surface area is 177 Å². The van der Waals surface area contributed by atoms with E-state index in [9.17, 15) is 4.79 Å². The van der Waals surface area contributed by atoms with Crippen LogP contribution in [0.25, 0.3) is 21.8 Å². The van der Waals surface area contributed by atoms with Crippen LogP contribution in [0.15, 0.2) is 70.2 Å². The molecule has 29 heavy (non-hydrogen) atoms. The average Bonchev–Trinajstić information content (AvgIpc) is 3.06. The van der Waals surface area contributed by atoms with Gasteiger partial charge in [-0.2, -0.15) is 5.10 Å². The summed E-state index contributed by atoms with van der Waals surface area (Å²) in [5.74, 6) is 0.387. The Bertz CT molecular complexity index is 1240. The van der Waals surface area contributed by atoms with Crippen LogP contribution < -0.4 is 10.2 Å². The number of hydrogen-bond donors (Lipinski definition) is 1. The molecule has 0 atom stereocenters. The largest absolute Gasteiger partial charge is 0.496 e. The van der Waals surface area contributed by atoms with Crippen LogP contribution in [0.2, 0.25) is 0 Å². The number of amides is 1. The van der Waals surface area contributed by atoms with Gasteiger partial charge in [0.25, 0.3) is 5.91 Å². The second-order valence-corrected chi connectivity index (χ2v) is 7.44. The Morgan fingerprint density at radius 1 is 1.10 bits per heavy atom. The number of rotatable bonds is 5. The molecule has 1 amide bonds. The Balaban J connectivity index is 1.58. The average molecular weight is 450 g/mol.